The van der Waals surface area contributed by atoms with Gasteiger partial charge in [0.1, 0.15) is 17.6 Å². The third kappa shape index (κ3) is 4.09. The van der Waals surface area contributed by atoms with Gasteiger partial charge in [-0.15, -0.1) is 13.2 Å². The van der Waals surface area contributed by atoms with Gasteiger partial charge >= 0.3 is 5.97 Å². The molecule has 0 aromatic heterocycles. The minimum Gasteiger partial charge on any atom is -0.465 e. The summed E-state index contributed by atoms with van der Waals surface area (Å²) in [5.74, 6) is -3.01. The van der Waals surface area contributed by atoms with Crippen LogP contribution in [0.1, 0.15) is 44.7 Å². The molecule has 3 saturated heterocycles. The number of ether oxygens (including phenoxy) is 2. The summed E-state index contributed by atoms with van der Waals surface area (Å²) in [7, 11) is 0. The van der Waals surface area contributed by atoms with Crippen LogP contribution in [0.4, 0.5) is 5.69 Å². The molecular weight excluding hydrogens is 484 g/mol. The largest absolute Gasteiger partial charge is 0.465 e. The second-order valence-corrected chi connectivity index (χ2v) is 11.3. The summed E-state index contributed by atoms with van der Waals surface area (Å²) >= 11 is 0. The molecule has 4 rings (SSSR count). The molecule has 1 aromatic carbocycles. The number of aliphatic hydroxyl groups excluding tert-OH is 1. The number of fused-ring (bicyclic) bond motifs is 1. The molecule has 3 heterocycles. The number of benzene rings is 1. The third-order valence-corrected chi connectivity index (χ3v) is 8.78. The lowest BCUT2D eigenvalue weighted by Crippen LogP contribution is -2.58. The van der Waals surface area contributed by atoms with Gasteiger partial charge in [0, 0.05) is 12.2 Å². The monoisotopic (exact) mass is 524 g/mol. The molecule has 8 heteroatoms. The van der Waals surface area contributed by atoms with Crippen LogP contribution < -0.4 is 4.90 Å². The maximum Gasteiger partial charge on any atom is 0.312 e. The highest BCUT2D eigenvalue weighted by Crippen LogP contribution is 2.65. The number of hydrogen-bond donors (Lipinski definition) is 1. The van der Waals surface area contributed by atoms with Crippen LogP contribution in [-0.4, -0.2) is 70.8 Å². The second kappa shape index (κ2) is 10.3. The number of aliphatic hydroxyl groups is 1. The molecule has 38 heavy (non-hydrogen) atoms. The van der Waals surface area contributed by atoms with Crippen LogP contribution in [0.3, 0.4) is 0 Å². The van der Waals surface area contributed by atoms with Crippen LogP contribution in [0, 0.1) is 31.6 Å². The average Bonchev–Trinajstić information content (AvgIpc) is 3.40. The molecule has 3 unspecified atom stereocenters. The van der Waals surface area contributed by atoms with Gasteiger partial charge in [0.2, 0.25) is 5.91 Å². The first-order chi connectivity index (χ1) is 18.0. The van der Waals surface area contributed by atoms with E-state index in [0.717, 1.165) is 16.8 Å². The van der Waals surface area contributed by atoms with E-state index in [2.05, 4.69) is 13.2 Å². The number of nitrogens with zero attached hydrogens (tertiary/aromatic N) is 2. The smallest absolute Gasteiger partial charge is 0.312 e. The molecule has 3 aliphatic heterocycles. The van der Waals surface area contributed by atoms with Crippen molar-refractivity contribution >= 4 is 23.5 Å². The number of carbonyl (C=O) groups is 3. The standard InChI is InChI=1S/C30H40N2O6/c1-8-10-14-37-28(36)24-23-26(34)32(21(6)17-33)25(30(23)16-20(5)29(24,7)38-30)27(35)31(13-9-2)22-15-18(3)11-12-19(22)4/h8-9,11-12,15,20-21,23-25,33H,1-2,10,13-14,16-17H2,3-7H3/t20?,21-,23+,24+,25?,29-,30?/m1/s1. The molecule has 206 valence electrons. The van der Waals surface area contributed by atoms with E-state index in [9.17, 15) is 19.5 Å². The van der Waals surface area contributed by atoms with E-state index >= 15 is 0 Å². The van der Waals surface area contributed by atoms with E-state index in [1.54, 1.807) is 24.0 Å². The first kappa shape index (κ1) is 28.0. The predicted octanol–water partition coefficient (Wildman–Crippen LogP) is 3.33. The minimum absolute atomic E-state index is 0.100. The van der Waals surface area contributed by atoms with Crippen molar-refractivity contribution in [2.75, 3.05) is 24.7 Å². The summed E-state index contributed by atoms with van der Waals surface area (Å²) in [6.45, 7) is 17.0. The Bertz CT molecular complexity index is 1150. The highest BCUT2D eigenvalue weighted by atomic mass is 16.6. The molecular formula is C30H40N2O6. The summed E-state index contributed by atoms with van der Waals surface area (Å²) in [5, 5.41) is 10.1. The summed E-state index contributed by atoms with van der Waals surface area (Å²) in [6.07, 6.45) is 4.26. The van der Waals surface area contributed by atoms with Crippen molar-refractivity contribution in [3.8, 4) is 0 Å². The van der Waals surface area contributed by atoms with Gasteiger partial charge in [-0.3, -0.25) is 14.4 Å². The molecule has 1 aromatic rings. The van der Waals surface area contributed by atoms with Crippen molar-refractivity contribution in [3.63, 3.8) is 0 Å². The zero-order valence-corrected chi connectivity index (χ0v) is 23.1. The lowest BCUT2D eigenvalue weighted by Gasteiger charge is -2.39. The highest BCUT2D eigenvalue weighted by molar-refractivity contribution is 6.05. The Kier molecular flexibility index (Phi) is 7.60. The molecule has 7 atom stereocenters. The number of aryl methyl sites for hydroxylation is 2. The van der Waals surface area contributed by atoms with Gasteiger partial charge in [-0.2, -0.15) is 0 Å². The Morgan fingerprint density at radius 1 is 1.32 bits per heavy atom. The van der Waals surface area contributed by atoms with Gasteiger partial charge < -0.3 is 24.4 Å². The number of rotatable bonds is 10. The summed E-state index contributed by atoms with van der Waals surface area (Å²) in [6, 6.07) is 4.22. The molecule has 2 amide bonds. The predicted molar refractivity (Wildman–Crippen MR) is 144 cm³/mol. The van der Waals surface area contributed by atoms with Crippen LogP contribution in [0.15, 0.2) is 43.5 Å². The van der Waals surface area contributed by atoms with E-state index in [1.807, 2.05) is 45.9 Å². The summed E-state index contributed by atoms with van der Waals surface area (Å²) < 4.78 is 12.3. The van der Waals surface area contributed by atoms with Gasteiger partial charge in [-0.1, -0.05) is 31.2 Å². The van der Waals surface area contributed by atoms with Gasteiger partial charge in [-0.05, 0) is 63.6 Å². The number of likely N-dealkylation sites (tertiary alicyclic amines) is 1. The molecule has 0 radical (unpaired) electrons. The Labute approximate surface area is 225 Å². The van der Waals surface area contributed by atoms with Crippen molar-refractivity contribution in [2.45, 2.75) is 70.7 Å². The number of hydrogen-bond acceptors (Lipinski definition) is 6. The van der Waals surface area contributed by atoms with Gasteiger partial charge in [0.15, 0.2) is 0 Å². The Balaban J connectivity index is 1.84. The fourth-order valence-electron chi connectivity index (χ4n) is 6.80. The lowest BCUT2D eigenvalue weighted by atomic mass is 9.62. The normalized spacial score (nSPS) is 32.2. The first-order valence-electron chi connectivity index (χ1n) is 13.4. The van der Waals surface area contributed by atoms with E-state index in [1.165, 1.54) is 4.90 Å². The first-order valence-corrected chi connectivity index (χ1v) is 13.4. The van der Waals surface area contributed by atoms with E-state index in [-0.39, 0.29) is 37.5 Å². The molecule has 0 aliphatic carbocycles. The lowest BCUT2D eigenvalue weighted by molar-refractivity contribution is -0.162. The van der Waals surface area contributed by atoms with Crippen molar-refractivity contribution in [1.29, 1.82) is 0 Å². The summed E-state index contributed by atoms with van der Waals surface area (Å²) in [4.78, 5) is 45.3. The quantitative estimate of drug-likeness (QED) is 0.287. The number of amides is 2. The van der Waals surface area contributed by atoms with Gasteiger partial charge in [0.05, 0.1) is 30.8 Å². The van der Waals surface area contributed by atoms with Crippen molar-refractivity contribution in [2.24, 2.45) is 17.8 Å². The SMILES string of the molecule is C=CCCOC(=O)[C@@H]1[C@H]2C(=O)N([C@H](C)CO)C(C(=O)N(CC=C)c3cc(C)ccc3C)C23CC(C)[C@@]1(C)O3. The third-order valence-electron chi connectivity index (χ3n) is 8.78. The summed E-state index contributed by atoms with van der Waals surface area (Å²) in [5.41, 5.74) is 0.456. The number of carbonyl (C=O) groups excluding carboxylic acids is 3. The molecule has 1 N–H and O–H groups in total. The maximum absolute atomic E-state index is 14.6. The average molecular weight is 525 g/mol. The van der Waals surface area contributed by atoms with Crippen molar-refractivity contribution < 1.29 is 29.0 Å². The molecule has 2 bridgehead atoms. The Morgan fingerprint density at radius 2 is 2.03 bits per heavy atom. The molecule has 1 spiro atoms. The highest BCUT2D eigenvalue weighted by Gasteiger charge is 2.80. The van der Waals surface area contributed by atoms with Crippen LogP contribution in [-0.2, 0) is 23.9 Å². The molecule has 3 fully saturated rings. The van der Waals surface area contributed by atoms with Crippen LogP contribution in [0.25, 0.3) is 0 Å². The zero-order chi connectivity index (χ0) is 28.0. The van der Waals surface area contributed by atoms with Crippen LogP contribution in [0.5, 0.6) is 0 Å². The molecule has 8 nitrogen and oxygen atoms in total. The van der Waals surface area contributed by atoms with E-state index < -0.39 is 41.1 Å². The fourth-order valence-corrected chi connectivity index (χ4v) is 6.80. The Morgan fingerprint density at radius 3 is 2.66 bits per heavy atom. The number of anilines is 1. The second-order valence-electron chi connectivity index (χ2n) is 11.3. The van der Waals surface area contributed by atoms with Crippen molar-refractivity contribution in [1.82, 2.24) is 4.90 Å². The van der Waals surface area contributed by atoms with E-state index in [0.29, 0.717) is 12.8 Å². The van der Waals surface area contributed by atoms with E-state index in [4.69, 9.17) is 9.47 Å². The number of esters is 1. The Hall–Kier alpha value is -2.97. The van der Waals surface area contributed by atoms with Crippen LogP contribution in [0.2, 0.25) is 0 Å². The zero-order valence-electron chi connectivity index (χ0n) is 23.1. The molecule has 0 saturated carbocycles. The minimum atomic E-state index is -1.22. The van der Waals surface area contributed by atoms with Gasteiger partial charge in [0.25, 0.3) is 5.91 Å². The van der Waals surface area contributed by atoms with Gasteiger partial charge in [-0.25, -0.2) is 0 Å². The van der Waals surface area contributed by atoms with Crippen LogP contribution >= 0.6 is 0 Å². The topological polar surface area (TPSA) is 96.4 Å². The molecule has 3 aliphatic rings. The van der Waals surface area contributed by atoms with Crippen molar-refractivity contribution in [3.05, 3.63) is 54.6 Å². The fraction of sp³-hybridized carbons (Fsp3) is 0.567. The maximum atomic E-state index is 14.6.